The Balaban J connectivity index is 1.39. The molecule has 2 aromatic rings. The predicted molar refractivity (Wildman–Crippen MR) is 94.5 cm³/mol. The van der Waals surface area contributed by atoms with Gasteiger partial charge in [-0.25, -0.2) is 4.98 Å². The molecule has 1 aromatic heterocycles. The molecule has 1 unspecified atom stereocenters. The smallest absolute Gasteiger partial charge is 0.220 e. The molecule has 2 heterocycles. The number of carbonyl (C=O) groups is 1. The number of hydrogen-bond donors (Lipinski definition) is 2. The van der Waals surface area contributed by atoms with E-state index in [1.807, 2.05) is 18.2 Å². The number of nitrogens with zero attached hydrogens (tertiary/aromatic N) is 1. The van der Waals surface area contributed by atoms with Gasteiger partial charge in [0.25, 0.3) is 0 Å². The SMILES string of the molecule is O=C(CCC1CCNC1)NCCc1csc(-c2ccccc2)n1. The summed E-state index contributed by atoms with van der Waals surface area (Å²) in [5.41, 5.74) is 2.20. The Kier molecular flexibility index (Phi) is 5.77. The van der Waals surface area contributed by atoms with Crippen molar-refractivity contribution in [3.8, 4) is 10.6 Å². The zero-order valence-electron chi connectivity index (χ0n) is 13.3. The molecule has 122 valence electrons. The highest BCUT2D eigenvalue weighted by Crippen LogP contribution is 2.23. The van der Waals surface area contributed by atoms with Gasteiger partial charge in [0.15, 0.2) is 0 Å². The van der Waals surface area contributed by atoms with Crippen LogP contribution in [0.3, 0.4) is 0 Å². The van der Waals surface area contributed by atoms with Crippen molar-refractivity contribution in [2.24, 2.45) is 5.92 Å². The molecule has 1 fully saturated rings. The average Bonchev–Trinajstić information content (AvgIpc) is 3.26. The van der Waals surface area contributed by atoms with Crippen LogP contribution in [0.5, 0.6) is 0 Å². The summed E-state index contributed by atoms with van der Waals surface area (Å²) in [6.07, 6.45) is 3.63. The molecule has 1 atom stereocenters. The molecule has 1 saturated heterocycles. The molecular weight excluding hydrogens is 306 g/mol. The lowest BCUT2D eigenvalue weighted by molar-refractivity contribution is -0.121. The first-order valence-corrected chi connectivity index (χ1v) is 9.16. The van der Waals surface area contributed by atoms with E-state index in [1.165, 1.54) is 6.42 Å². The number of carbonyl (C=O) groups excluding carboxylic acids is 1. The van der Waals surface area contributed by atoms with Gasteiger partial charge in [-0.05, 0) is 31.8 Å². The fraction of sp³-hybridized carbons (Fsp3) is 0.444. The molecule has 4 nitrogen and oxygen atoms in total. The minimum absolute atomic E-state index is 0.162. The van der Waals surface area contributed by atoms with Crippen molar-refractivity contribution in [2.75, 3.05) is 19.6 Å². The standard InChI is InChI=1S/C18H23N3OS/c22-17(7-6-14-8-10-19-12-14)20-11-9-16-13-23-18(21-16)15-4-2-1-3-5-15/h1-5,13-14,19H,6-12H2,(H,20,22). The topological polar surface area (TPSA) is 54.0 Å². The molecule has 1 aromatic carbocycles. The van der Waals surface area contributed by atoms with Crippen LogP contribution in [-0.2, 0) is 11.2 Å². The first-order valence-electron chi connectivity index (χ1n) is 8.28. The van der Waals surface area contributed by atoms with E-state index in [0.717, 1.165) is 42.2 Å². The lowest BCUT2D eigenvalue weighted by atomic mass is 10.0. The largest absolute Gasteiger partial charge is 0.356 e. The van der Waals surface area contributed by atoms with Crippen molar-refractivity contribution in [3.05, 3.63) is 41.4 Å². The minimum atomic E-state index is 0.162. The molecular formula is C18H23N3OS. The van der Waals surface area contributed by atoms with Crippen LogP contribution >= 0.6 is 11.3 Å². The second-order valence-electron chi connectivity index (χ2n) is 6.01. The normalized spacial score (nSPS) is 17.3. The van der Waals surface area contributed by atoms with Gasteiger partial charge in [-0.15, -0.1) is 11.3 Å². The summed E-state index contributed by atoms with van der Waals surface area (Å²) in [6, 6.07) is 10.2. The Labute approximate surface area is 141 Å². The van der Waals surface area contributed by atoms with Gasteiger partial charge in [0.1, 0.15) is 5.01 Å². The highest BCUT2D eigenvalue weighted by Gasteiger charge is 2.15. The quantitative estimate of drug-likeness (QED) is 0.821. The van der Waals surface area contributed by atoms with E-state index in [9.17, 15) is 4.79 Å². The fourth-order valence-corrected chi connectivity index (χ4v) is 3.71. The van der Waals surface area contributed by atoms with E-state index >= 15 is 0 Å². The number of aromatic nitrogens is 1. The van der Waals surface area contributed by atoms with Crippen molar-refractivity contribution in [1.82, 2.24) is 15.6 Å². The molecule has 0 spiro atoms. The van der Waals surface area contributed by atoms with E-state index in [0.29, 0.717) is 18.9 Å². The molecule has 23 heavy (non-hydrogen) atoms. The monoisotopic (exact) mass is 329 g/mol. The second-order valence-corrected chi connectivity index (χ2v) is 6.87. The Morgan fingerprint density at radius 3 is 3.00 bits per heavy atom. The maximum absolute atomic E-state index is 11.9. The molecule has 1 aliphatic heterocycles. The van der Waals surface area contributed by atoms with Crippen LogP contribution < -0.4 is 10.6 Å². The fourth-order valence-electron chi connectivity index (χ4n) is 2.85. The number of nitrogens with one attached hydrogen (secondary N) is 2. The van der Waals surface area contributed by atoms with Gasteiger partial charge in [-0.2, -0.15) is 0 Å². The third-order valence-corrected chi connectivity index (χ3v) is 5.16. The van der Waals surface area contributed by atoms with Crippen molar-refractivity contribution in [2.45, 2.75) is 25.7 Å². The molecule has 0 radical (unpaired) electrons. The summed E-state index contributed by atoms with van der Waals surface area (Å²) in [4.78, 5) is 16.5. The second kappa shape index (κ2) is 8.22. The van der Waals surface area contributed by atoms with Crippen LogP contribution in [0.2, 0.25) is 0 Å². The minimum Gasteiger partial charge on any atom is -0.356 e. The van der Waals surface area contributed by atoms with Crippen molar-refractivity contribution >= 4 is 17.2 Å². The maximum atomic E-state index is 11.9. The number of thiazole rings is 1. The van der Waals surface area contributed by atoms with Crippen LogP contribution in [0.1, 0.15) is 25.0 Å². The maximum Gasteiger partial charge on any atom is 0.220 e. The Morgan fingerprint density at radius 1 is 1.35 bits per heavy atom. The number of benzene rings is 1. The molecule has 5 heteroatoms. The van der Waals surface area contributed by atoms with E-state index in [1.54, 1.807) is 11.3 Å². The van der Waals surface area contributed by atoms with E-state index in [2.05, 4.69) is 33.1 Å². The van der Waals surface area contributed by atoms with Crippen molar-refractivity contribution in [3.63, 3.8) is 0 Å². The van der Waals surface area contributed by atoms with Gasteiger partial charge in [-0.1, -0.05) is 30.3 Å². The molecule has 1 aliphatic rings. The van der Waals surface area contributed by atoms with Crippen LogP contribution in [0.15, 0.2) is 35.7 Å². The van der Waals surface area contributed by atoms with E-state index in [4.69, 9.17) is 0 Å². The number of rotatable bonds is 7. The van der Waals surface area contributed by atoms with Gasteiger partial charge in [0, 0.05) is 30.3 Å². The summed E-state index contributed by atoms with van der Waals surface area (Å²) in [5.74, 6) is 0.836. The summed E-state index contributed by atoms with van der Waals surface area (Å²) in [6.45, 7) is 2.83. The molecule has 2 N–H and O–H groups in total. The van der Waals surface area contributed by atoms with Crippen molar-refractivity contribution in [1.29, 1.82) is 0 Å². The van der Waals surface area contributed by atoms with Crippen molar-refractivity contribution < 1.29 is 4.79 Å². The van der Waals surface area contributed by atoms with Gasteiger partial charge in [0.2, 0.25) is 5.91 Å². The third-order valence-electron chi connectivity index (χ3n) is 4.22. The summed E-state index contributed by atoms with van der Waals surface area (Å²) in [7, 11) is 0. The van der Waals surface area contributed by atoms with Gasteiger partial charge in [0.05, 0.1) is 5.69 Å². The molecule has 0 bridgehead atoms. The average molecular weight is 329 g/mol. The first kappa shape index (κ1) is 16.1. The highest BCUT2D eigenvalue weighted by atomic mass is 32.1. The van der Waals surface area contributed by atoms with Gasteiger partial charge in [-0.3, -0.25) is 4.79 Å². The molecule has 1 amide bonds. The van der Waals surface area contributed by atoms with Gasteiger partial charge >= 0.3 is 0 Å². The van der Waals surface area contributed by atoms with Crippen LogP contribution in [0.25, 0.3) is 10.6 Å². The van der Waals surface area contributed by atoms with E-state index < -0.39 is 0 Å². The van der Waals surface area contributed by atoms with E-state index in [-0.39, 0.29) is 5.91 Å². The molecule has 3 rings (SSSR count). The molecule has 0 saturated carbocycles. The Hall–Kier alpha value is -1.72. The number of amides is 1. The lowest BCUT2D eigenvalue weighted by Gasteiger charge is -2.08. The Morgan fingerprint density at radius 2 is 2.22 bits per heavy atom. The Bertz CT molecular complexity index is 620. The summed E-state index contributed by atoms with van der Waals surface area (Å²) >= 11 is 1.66. The number of hydrogen-bond acceptors (Lipinski definition) is 4. The molecule has 0 aliphatic carbocycles. The van der Waals surface area contributed by atoms with Gasteiger partial charge < -0.3 is 10.6 Å². The highest BCUT2D eigenvalue weighted by molar-refractivity contribution is 7.13. The lowest BCUT2D eigenvalue weighted by Crippen LogP contribution is -2.26. The third kappa shape index (κ3) is 4.88. The predicted octanol–water partition coefficient (Wildman–Crippen LogP) is 2.86. The summed E-state index contributed by atoms with van der Waals surface area (Å²) in [5, 5.41) is 9.47. The summed E-state index contributed by atoms with van der Waals surface area (Å²) < 4.78 is 0. The zero-order valence-corrected chi connectivity index (χ0v) is 14.1. The first-order chi connectivity index (χ1) is 11.3. The zero-order chi connectivity index (χ0) is 15.9. The van der Waals surface area contributed by atoms with Crippen LogP contribution in [-0.4, -0.2) is 30.5 Å². The van der Waals surface area contributed by atoms with Crippen LogP contribution in [0.4, 0.5) is 0 Å². The van der Waals surface area contributed by atoms with Crippen LogP contribution in [0, 0.1) is 5.92 Å².